The van der Waals surface area contributed by atoms with Gasteiger partial charge in [0.2, 0.25) is 16.6 Å². The normalized spacial score (nSPS) is 12.3. The minimum atomic E-state index is -1.74. The molecule has 0 fully saturated rings. The van der Waals surface area contributed by atoms with Crippen molar-refractivity contribution in [2.45, 2.75) is 45.4 Å². The molecular weight excluding hydrogens is 372 g/mol. The van der Waals surface area contributed by atoms with Gasteiger partial charge in [-0.15, -0.1) is 0 Å². The SMILES string of the molecule is C[Si](C)(C)Oc1ccccc1C(OC[Si])c1ccccc1O[Si](C)(C)C. The van der Waals surface area contributed by atoms with Crippen molar-refractivity contribution in [2.24, 2.45) is 0 Å². The maximum atomic E-state index is 6.33. The number of rotatable bonds is 8. The van der Waals surface area contributed by atoms with E-state index in [1.807, 2.05) is 36.4 Å². The molecule has 0 N–H and O–H groups in total. The number of hydrogen-bond donors (Lipinski definition) is 0. The molecule has 0 aliphatic heterocycles. The molecule has 0 aromatic heterocycles. The first kappa shape index (κ1) is 21.0. The van der Waals surface area contributed by atoms with Gasteiger partial charge in [-0.2, -0.15) is 0 Å². The van der Waals surface area contributed by atoms with Crippen molar-refractivity contribution >= 4 is 26.9 Å². The van der Waals surface area contributed by atoms with Gasteiger partial charge in [-0.3, -0.25) is 0 Å². The van der Waals surface area contributed by atoms with Crippen LogP contribution in [-0.2, 0) is 4.74 Å². The first-order chi connectivity index (χ1) is 12.1. The first-order valence-corrected chi connectivity index (χ1v) is 16.5. The van der Waals surface area contributed by atoms with Crippen LogP contribution in [0.5, 0.6) is 11.5 Å². The molecule has 0 amide bonds. The monoisotopic (exact) mass is 401 g/mol. The fraction of sp³-hybridized carbons (Fsp3) is 0.400. The Morgan fingerprint density at radius 3 is 1.46 bits per heavy atom. The first-order valence-electron chi connectivity index (χ1n) is 8.93. The van der Waals surface area contributed by atoms with Crippen LogP contribution in [0.25, 0.3) is 0 Å². The maximum Gasteiger partial charge on any atom is 0.242 e. The van der Waals surface area contributed by atoms with E-state index >= 15 is 0 Å². The molecule has 0 saturated carbocycles. The molecule has 2 aromatic rings. The van der Waals surface area contributed by atoms with E-state index in [0.29, 0.717) is 6.23 Å². The molecule has 0 spiro atoms. The number of hydrogen-bond acceptors (Lipinski definition) is 3. The van der Waals surface area contributed by atoms with Gasteiger partial charge in [0.25, 0.3) is 0 Å². The number of benzene rings is 2. The van der Waals surface area contributed by atoms with Gasteiger partial charge in [0.05, 0.1) is 10.2 Å². The summed E-state index contributed by atoms with van der Waals surface area (Å²) in [6, 6.07) is 16.3. The van der Waals surface area contributed by atoms with Crippen molar-refractivity contribution in [3.05, 3.63) is 59.7 Å². The van der Waals surface area contributed by atoms with E-state index in [1.54, 1.807) is 0 Å². The summed E-state index contributed by atoms with van der Waals surface area (Å²) in [5, 5.41) is 0. The van der Waals surface area contributed by atoms with Crippen molar-refractivity contribution < 1.29 is 13.6 Å². The fourth-order valence-corrected chi connectivity index (χ4v) is 4.53. The van der Waals surface area contributed by atoms with Crippen molar-refractivity contribution in [1.29, 1.82) is 0 Å². The lowest BCUT2D eigenvalue weighted by molar-refractivity contribution is 0.116. The molecule has 0 unspecified atom stereocenters. The van der Waals surface area contributed by atoms with E-state index in [-0.39, 0.29) is 6.10 Å². The van der Waals surface area contributed by atoms with Gasteiger partial charge in [0, 0.05) is 17.4 Å². The zero-order chi connectivity index (χ0) is 19.4. The third-order valence-electron chi connectivity index (χ3n) is 3.49. The smallest absolute Gasteiger partial charge is 0.242 e. The van der Waals surface area contributed by atoms with Crippen LogP contribution in [0.15, 0.2) is 48.5 Å². The molecule has 6 heteroatoms. The highest BCUT2D eigenvalue weighted by Crippen LogP contribution is 2.38. The molecule has 0 heterocycles. The lowest BCUT2D eigenvalue weighted by atomic mass is 9.99. The van der Waals surface area contributed by atoms with Crippen LogP contribution < -0.4 is 8.85 Å². The van der Waals surface area contributed by atoms with Gasteiger partial charge < -0.3 is 13.6 Å². The average molecular weight is 402 g/mol. The molecule has 3 nitrogen and oxygen atoms in total. The Bertz CT molecular complexity index is 661. The lowest BCUT2D eigenvalue weighted by Crippen LogP contribution is -2.31. The summed E-state index contributed by atoms with van der Waals surface area (Å²) in [4.78, 5) is 0. The standard InChI is InChI=1S/C20H29O3Si3/c1-25(2,3)22-18-13-9-7-11-16(18)20(21-15-24)17-12-8-10-14-19(17)23-26(4,5)6/h7-14,20H,15H2,1-6H3. The minimum Gasteiger partial charge on any atom is -0.544 e. The van der Waals surface area contributed by atoms with Crippen LogP contribution in [0.4, 0.5) is 0 Å². The quantitative estimate of drug-likeness (QED) is 0.558. The predicted octanol–water partition coefficient (Wildman–Crippen LogP) is 5.35. The van der Waals surface area contributed by atoms with Gasteiger partial charge in [0.1, 0.15) is 17.6 Å². The Labute approximate surface area is 163 Å². The summed E-state index contributed by atoms with van der Waals surface area (Å²) in [5.41, 5.74) is 2.06. The summed E-state index contributed by atoms with van der Waals surface area (Å²) in [6.07, 6.45) is 0.167. The summed E-state index contributed by atoms with van der Waals surface area (Å²) in [6.45, 7) is 13.1. The van der Waals surface area contributed by atoms with Crippen LogP contribution in [0.1, 0.15) is 17.2 Å². The van der Waals surface area contributed by atoms with Gasteiger partial charge >= 0.3 is 0 Å². The second-order valence-corrected chi connectivity index (χ2v) is 17.3. The molecule has 0 aliphatic carbocycles. The Morgan fingerprint density at radius 1 is 0.731 bits per heavy atom. The maximum absolute atomic E-state index is 6.33. The summed E-state index contributed by atoms with van der Waals surface area (Å²) >= 11 is 0. The van der Waals surface area contributed by atoms with Crippen LogP contribution in [-0.4, -0.2) is 33.1 Å². The van der Waals surface area contributed by atoms with Crippen molar-refractivity contribution in [3.8, 4) is 11.5 Å². The summed E-state index contributed by atoms with van der Waals surface area (Å²) in [7, 11) is -0.00408. The molecule has 2 aromatic carbocycles. The lowest BCUT2D eigenvalue weighted by Gasteiger charge is -2.28. The molecule has 0 bridgehead atoms. The third-order valence-corrected chi connectivity index (χ3v) is 5.32. The second kappa shape index (κ2) is 8.56. The van der Waals surface area contributed by atoms with Crippen molar-refractivity contribution in [1.82, 2.24) is 0 Å². The molecule has 0 aliphatic rings. The van der Waals surface area contributed by atoms with Crippen LogP contribution >= 0.6 is 0 Å². The van der Waals surface area contributed by atoms with Gasteiger partial charge in [-0.1, -0.05) is 36.4 Å². The van der Waals surface area contributed by atoms with Crippen LogP contribution in [0.3, 0.4) is 0 Å². The fourth-order valence-electron chi connectivity index (χ4n) is 2.67. The summed E-state index contributed by atoms with van der Waals surface area (Å²) < 4.78 is 18.8. The van der Waals surface area contributed by atoms with E-state index in [0.717, 1.165) is 22.6 Å². The Morgan fingerprint density at radius 2 is 1.12 bits per heavy atom. The van der Waals surface area contributed by atoms with E-state index in [4.69, 9.17) is 13.6 Å². The molecule has 3 radical (unpaired) electrons. The highest BCUT2D eigenvalue weighted by Gasteiger charge is 2.26. The number of ether oxygens (including phenoxy) is 1. The van der Waals surface area contributed by atoms with E-state index in [9.17, 15) is 0 Å². The van der Waals surface area contributed by atoms with Gasteiger partial charge in [-0.05, 0) is 51.4 Å². The molecule has 2 rings (SSSR count). The topological polar surface area (TPSA) is 27.7 Å². The highest BCUT2D eigenvalue weighted by molar-refractivity contribution is 6.70. The molecule has 0 saturated heterocycles. The van der Waals surface area contributed by atoms with E-state index < -0.39 is 16.6 Å². The number of para-hydroxylation sites is 2. The zero-order valence-electron chi connectivity index (χ0n) is 16.6. The van der Waals surface area contributed by atoms with Crippen molar-refractivity contribution in [3.63, 3.8) is 0 Å². The molecule has 139 valence electrons. The summed E-state index contributed by atoms with van der Waals surface area (Å²) in [5.74, 6) is 1.78. The predicted molar refractivity (Wildman–Crippen MR) is 114 cm³/mol. The van der Waals surface area contributed by atoms with Crippen molar-refractivity contribution in [2.75, 3.05) is 6.23 Å². The largest absolute Gasteiger partial charge is 0.544 e. The van der Waals surface area contributed by atoms with Gasteiger partial charge in [0.15, 0.2) is 0 Å². The molecular formula is C20H29O3Si3. The Balaban J connectivity index is 2.52. The minimum absolute atomic E-state index is 0.257. The second-order valence-electron chi connectivity index (χ2n) is 8.20. The van der Waals surface area contributed by atoms with Crippen LogP contribution in [0, 0.1) is 0 Å². The Hall–Kier alpha value is -1.35. The van der Waals surface area contributed by atoms with Crippen LogP contribution in [0.2, 0.25) is 39.3 Å². The zero-order valence-corrected chi connectivity index (χ0v) is 19.6. The van der Waals surface area contributed by atoms with E-state index in [1.165, 1.54) is 0 Å². The molecule has 26 heavy (non-hydrogen) atoms. The third kappa shape index (κ3) is 6.12. The average Bonchev–Trinajstić information content (AvgIpc) is 2.51. The van der Waals surface area contributed by atoms with Gasteiger partial charge in [-0.25, -0.2) is 0 Å². The van der Waals surface area contributed by atoms with E-state index in [2.05, 4.69) is 61.7 Å². The molecule has 0 atom stereocenters. The Kier molecular flexibility index (Phi) is 6.90. The highest BCUT2D eigenvalue weighted by atomic mass is 28.4.